The van der Waals surface area contributed by atoms with Crippen LogP contribution in [-0.4, -0.2) is 16.9 Å². The van der Waals surface area contributed by atoms with Crippen molar-refractivity contribution >= 4 is 0 Å². The number of ether oxygens (including phenoxy) is 1. The van der Waals surface area contributed by atoms with Gasteiger partial charge < -0.3 is 4.74 Å². The summed E-state index contributed by atoms with van der Waals surface area (Å²) in [6.45, 7) is 4.91. The summed E-state index contributed by atoms with van der Waals surface area (Å²) in [6.07, 6.45) is 2.07. The van der Waals surface area contributed by atoms with Gasteiger partial charge in [0, 0.05) is 6.20 Å². The second-order valence-corrected chi connectivity index (χ2v) is 3.94. The van der Waals surface area contributed by atoms with Gasteiger partial charge in [0.15, 0.2) is 0 Å². The van der Waals surface area contributed by atoms with Gasteiger partial charge in [0.25, 0.3) is 0 Å². The van der Waals surface area contributed by atoms with Crippen LogP contribution >= 0.6 is 0 Å². The minimum Gasteiger partial charge on any atom is -0.497 e. The number of methoxy groups -OCH3 is 1. The van der Waals surface area contributed by atoms with Gasteiger partial charge in [-0.1, -0.05) is 12.1 Å². The fourth-order valence-corrected chi connectivity index (χ4v) is 1.62. The average molecular weight is 216 g/mol. The Bertz CT molecular complexity index is 452. The van der Waals surface area contributed by atoms with E-state index in [2.05, 4.69) is 30.4 Å². The zero-order chi connectivity index (χ0) is 11.5. The molecule has 2 rings (SSSR count). The molecule has 84 valence electrons. The number of benzene rings is 1. The lowest BCUT2D eigenvalue weighted by Crippen LogP contribution is -2.00. The third-order valence-corrected chi connectivity index (χ3v) is 2.70. The van der Waals surface area contributed by atoms with Crippen LogP contribution in [0.2, 0.25) is 0 Å². The van der Waals surface area contributed by atoms with Crippen LogP contribution in [0.5, 0.6) is 5.75 Å². The van der Waals surface area contributed by atoms with Gasteiger partial charge in [-0.3, -0.25) is 4.68 Å². The third kappa shape index (κ3) is 2.24. The van der Waals surface area contributed by atoms with Gasteiger partial charge in [-0.15, -0.1) is 0 Å². The highest BCUT2D eigenvalue weighted by atomic mass is 16.5. The second-order valence-electron chi connectivity index (χ2n) is 3.94. The van der Waals surface area contributed by atoms with Gasteiger partial charge in [0.2, 0.25) is 0 Å². The van der Waals surface area contributed by atoms with E-state index in [1.54, 1.807) is 7.11 Å². The number of nitrogens with zero attached hydrogens (tertiary/aromatic N) is 2. The van der Waals surface area contributed by atoms with Crippen LogP contribution in [0, 0.1) is 13.8 Å². The van der Waals surface area contributed by atoms with Gasteiger partial charge in [-0.2, -0.15) is 5.10 Å². The predicted molar refractivity (Wildman–Crippen MR) is 63.8 cm³/mol. The molecule has 2 aromatic rings. The van der Waals surface area contributed by atoms with E-state index < -0.39 is 0 Å². The topological polar surface area (TPSA) is 27.1 Å². The molecule has 3 nitrogen and oxygen atoms in total. The molecule has 0 atom stereocenters. The Labute approximate surface area is 95.7 Å². The van der Waals surface area contributed by atoms with Gasteiger partial charge >= 0.3 is 0 Å². The first-order chi connectivity index (χ1) is 7.69. The van der Waals surface area contributed by atoms with Crippen molar-refractivity contribution in [2.45, 2.75) is 20.4 Å². The van der Waals surface area contributed by atoms with Crippen LogP contribution in [0.15, 0.2) is 30.5 Å². The highest BCUT2D eigenvalue weighted by Crippen LogP contribution is 2.12. The fraction of sp³-hybridized carbons (Fsp3) is 0.308. The van der Waals surface area contributed by atoms with Crippen molar-refractivity contribution in [2.24, 2.45) is 0 Å². The Hall–Kier alpha value is -1.77. The lowest BCUT2D eigenvalue weighted by Gasteiger charge is -2.03. The summed E-state index contributed by atoms with van der Waals surface area (Å²) in [5.41, 5.74) is 3.55. The molecule has 0 aliphatic rings. The van der Waals surface area contributed by atoms with Gasteiger partial charge in [0.05, 0.1) is 19.3 Å². The number of aromatic nitrogens is 2. The van der Waals surface area contributed by atoms with Crippen LogP contribution in [0.1, 0.15) is 16.8 Å². The Kier molecular flexibility index (Phi) is 2.95. The lowest BCUT2D eigenvalue weighted by molar-refractivity contribution is 0.414. The van der Waals surface area contributed by atoms with Crippen molar-refractivity contribution in [3.05, 3.63) is 47.3 Å². The molecular weight excluding hydrogens is 200 g/mol. The largest absolute Gasteiger partial charge is 0.497 e. The summed E-state index contributed by atoms with van der Waals surface area (Å²) in [5.74, 6) is 0.886. The highest BCUT2D eigenvalue weighted by Gasteiger charge is 2.01. The van der Waals surface area contributed by atoms with E-state index in [1.807, 2.05) is 23.7 Å². The zero-order valence-electron chi connectivity index (χ0n) is 9.90. The smallest absolute Gasteiger partial charge is 0.118 e. The summed E-state index contributed by atoms with van der Waals surface area (Å²) in [7, 11) is 1.68. The molecule has 3 heteroatoms. The number of aryl methyl sites for hydroxylation is 2. The molecule has 16 heavy (non-hydrogen) atoms. The van der Waals surface area contributed by atoms with Gasteiger partial charge in [-0.05, 0) is 37.1 Å². The standard InChI is InChI=1S/C13H16N2O/c1-10-8-15(14-11(10)2)9-12-4-6-13(16-3)7-5-12/h4-8H,9H2,1-3H3. The molecule has 0 aliphatic heterocycles. The van der Waals surface area contributed by atoms with E-state index in [-0.39, 0.29) is 0 Å². The van der Waals surface area contributed by atoms with Crippen LogP contribution in [-0.2, 0) is 6.54 Å². The van der Waals surface area contributed by atoms with Crippen molar-refractivity contribution in [2.75, 3.05) is 7.11 Å². The van der Waals surface area contributed by atoms with Crippen LogP contribution in [0.4, 0.5) is 0 Å². The van der Waals surface area contributed by atoms with E-state index in [1.165, 1.54) is 11.1 Å². The fourth-order valence-electron chi connectivity index (χ4n) is 1.62. The lowest BCUT2D eigenvalue weighted by atomic mass is 10.2. The Morgan fingerprint density at radius 2 is 1.88 bits per heavy atom. The molecule has 0 saturated heterocycles. The molecule has 1 aromatic heterocycles. The van der Waals surface area contributed by atoms with Crippen LogP contribution in [0.25, 0.3) is 0 Å². The minimum atomic E-state index is 0.804. The predicted octanol–water partition coefficient (Wildman–Crippen LogP) is 2.56. The van der Waals surface area contributed by atoms with Gasteiger partial charge in [-0.25, -0.2) is 0 Å². The molecule has 0 spiro atoms. The quantitative estimate of drug-likeness (QED) is 0.788. The molecule has 0 fully saturated rings. The third-order valence-electron chi connectivity index (χ3n) is 2.70. The molecule has 0 radical (unpaired) electrons. The molecule has 0 amide bonds. The van der Waals surface area contributed by atoms with E-state index in [0.29, 0.717) is 0 Å². The van der Waals surface area contributed by atoms with E-state index >= 15 is 0 Å². The summed E-state index contributed by atoms with van der Waals surface area (Å²) >= 11 is 0. The maximum atomic E-state index is 5.12. The van der Waals surface area contributed by atoms with Crippen molar-refractivity contribution < 1.29 is 4.74 Å². The molecule has 0 N–H and O–H groups in total. The Morgan fingerprint density at radius 3 is 2.38 bits per heavy atom. The van der Waals surface area contributed by atoms with Crippen molar-refractivity contribution in [3.8, 4) is 5.75 Å². The van der Waals surface area contributed by atoms with Crippen LogP contribution in [0.3, 0.4) is 0 Å². The van der Waals surface area contributed by atoms with E-state index in [9.17, 15) is 0 Å². The number of hydrogen-bond acceptors (Lipinski definition) is 2. The molecule has 0 bridgehead atoms. The first kappa shape index (κ1) is 10.7. The summed E-state index contributed by atoms with van der Waals surface area (Å²) in [5, 5.41) is 4.43. The van der Waals surface area contributed by atoms with Crippen molar-refractivity contribution in [1.29, 1.82) is 0 Å². The summed E-state index contributed by atoms with van der Waals surface area (Å²) in [6, 6.07) is 8.06. The number of hydrogen-bond donors (Lipinski definition) is 0. The first-order valence-corrected chi connectivity index (χ1v) is 5.32. The molecule has 0 saturated carbocycles. The van der Waals surface area contributed by atoms with Crippen molar-refractivity contribution in [1.82, 2.24) is 9.78 Å². The summed E-state index contributed by atoms with van der Waals surface area (Å²) < 4.78 is 7.08. The second kappa shape index (κ2) is 4.39. The van der Waals surface area contributed by atoms with Gasteiger partial charge in [0.1, 0.15) is 5.75 Å². The molecular formula is C13H16N2O. The number of rotatable bonds is 3. The molecule has 0 unspecified atom stereocenters. The maximum Gasteiger partial charge on any atom is 0.118 e. The van der Waals surface area contributed by atoms with E-state index in [4.69, 9.17) is 4.74 Å². The Morgan fingerprint density at radius 1 is 1.19 bits per heavy atom. The molecule has 1 aromatic carbocycles. The normalized spacial score (nSPS) is 10.4. The maximum absolute atomic E-state index is 5.12. The Balaban J connectivity index is 2.14. The minimum absolute atomic E-state index is 0.804. The zero-order valence-corrected chi connectivity index (χ0v) is 9.90. The van der Waals surface area contributed by atoms with E-state index in [0.717, 1.165) is 18.0 Å². The summed E-state index contributed by atoms with van der Waals surface area (Å²) in [4.78, 5) is 0. The monoisotopic (exact) mass is 216 g/mol. The van der Waals surface area contributed by atoms with Crippen molar-refractivity contribution in [3.63, 3.8) is 0 Å². The SMILES string of the molecule is COc1ccc(Cn2cc(C)c(C)n2)cc1. The average Bonchev–Trinajstić information content (AvgIpc) is 2.59. The highest BCUT2D eigenvalue weighted by molar-refractivity contribution is 5.27. The molecule has 0 aliphatic carbocycles. The molecule has 1 heterocycles. The van der Waals surface area contributed by atoms with Crippen LogP contribution < -0.4 is 4.74 Å². The first-order valence-electron chi connectivity index (χ1n) is 5.32.